The molecule has 0 aromatic carbocycles. The fourth-order valence-electron chi connectivity index (χ4n) is 2.49. The normalized spacial score (nSPS) is 12.5. The van der Waals surface area contributed by atoms with Crippen LogP contribution in [0, 0.1) is 0 Å². The smallest absolute Gasteiger partial charge is 0.336 e. The molecule has 1 unspecified atom stereocenters. The molecule has 2 nitrogen and oxygen atoms in total. The van der Waals surface area contributed by atoms with Gasteiger partial charge in [-0.3, -0.25) is 0 Å². The molecule has 1 atom stereocenters. The van der Waals surface area contributed by atoms with E-state index in [1.807, 2.05) is 5.38 Å². The lowest BCUT2D eigenvalue weighted by Crippen LogP contribution is -2.04. The Kier molecular flexibility index (Phi) is 7.80. The van der Waals surface area contributed by atoms with Crippen LogP contribution in [0.4, 0.5) is 0 Å². The van der Waals surface area contributed by atoms with E-state index in [9.17, 15) is 9.90 Å². The van der Waals surface area contributed by atoms with Crippen LogP contribution < -0.4 is 0 Å². The van der Waals surface area contributed by atoms with E-state index in [0.29, 0.717) is 11.5 Å². The van der Waals surface area contributed by atoms with Crippen LogP contribution in [0.3, 0.4) is 0 Å². The lowest BCUT2D eigenvalue weighted by molar-refractivity contribution is 0.0695. The largest absolute Gasteiger partial charge is 0.478 e. The first-order valence-corrected chi connectivity index (χ1v) is 8.39. The lowest BCUT2D eigenvalue weighted by Gasteiger charge is -2.16. The Balaban J connectivity index is 2.66. The maximum atomic E-state index is 11.2. The molecule has 0 amide bonds. The number of thiophene rings is 1. The van der Waals surface area contributed by atoms with Crippen molar-refractivity contribution < 1.29 is 9.90 Å². The number of aromatic carboxylic acids is 1. The van der Waals surface area contributed by atoms with Gasteiger partial charge in [0.25, 0.3) is 0 Å². The molecule has 19 heavy (non-hydrogen) atoms. The van der Waals surface area contributed by atoms with Crippen molar-refractivity contribution in [1.82, 2.24) is 0 Å². The van der Waals surface area contributed by atoms with Gasteiger partial charge in [0.05, 0.1) is 5.56 Å². The van der Waals surface area contributed by atoms with Crippen molar-refractivity contribution in [2.24, 2.45) is 0 Å². The van der Waals surface area contributed by atoms with Crippen molar-refractivity contribution in [2.45, 2.75) is 71.1 Å². The number of hydrogen-bond acceptors (Lipinski definition) is 2. The first kappa shape index (κ1) is 16.2. The number of hydrogen-bond donors (Lipinski definition) is 1. The molecule has 0 aliphatic carbocycles. The third kappa shape index (κ3) is 5.35. The van der Waals surface area contributed by atoms with Gasteiger partial charge in [-0.05, 0) is 30.2 Å². The first-order chi connectivity index (χ1) is 9.20. The predicted octanol–water partition coefficient (Wildman–Crippen LogP) is 5.69. The van der Waals surface area contributed by atoms with Gasteiger partial charge in [-0.15, -0.1) is 11.3 Å². The van der Waals surface area contributed by atoms with Gasteiger partial charge in [-0.2, -0.15) is 0 Å². The minimum absolute atomic E-state index is 0.447. The van der Waals surface area contributed by atoms with Gasteiger partial charge in [0.2, 0.25) is 0 Å². The zero-order chi connectivity index (χ0) is 14.1. The van der Waals surface area contributed by atoms with Crippen molar-refractivity contribution in [2.75, 3.05) is 0 Å². The molecule has 0 aliphatic heterocycles. The highest BCUT2D eigenvalue weighted by atomic mass is 32.1. The van der Waals surface area contributed by atoms with Gasteiger partial charge in [0.1, 0.15) is 0 Å². The first-order valence-electron chi connectivity index (χ1n) is 7.51. The maximum Gasteiger partial charge on any atom is 0.336 e. The van der Waals surface area contributed by atoms with Gasteiger partial charge in [-0.1, -0.05) is 52.4 Å². The number of unbranched alkanes of at least 4 members (excludes halogenated alkanes) is 4. The molecular formula is C16H26O2S. The average molecular weight is 282 g/mol. The van der Waals surface area contributed by atoms with Gasteiger partial charge in [-0.25, -0.2) is 4.79 Å². The molecule has 108 valence electrons. The monoisotopic (exact) mass is 282 g/mol. The fourth-order valence-corrected chi connectivity index (χ4v) is 3.55. The zero-order valence-electron chi connectivity index (χ0n) is 12.2. The molecule has 0 spiro atoms. The maximum absolute atomic E-state index is 11.2. The fraction of sp³-hybridized carbons (Fsp3) is 0.688. The van der Waals surface area contributed by atoms with E-state index < -0.39 is 5.97 Å². The van der Waals surface area contributed by atoms with E-state index in [2.05, 4.69) is 13.8 Å². The van der Waals surface area contributed by atoms with E-state index in [1.54, 1.807) is 17.4 Å². The minimum Gasteiger partial charge on any atom is -0.478 e. The van der Waals surface area contributed by atoms with Gasteiger partial charge >= 0.3 is 5.97 Å². The molecule has 1 aromatic rings. The second kappa shape index (κ2) is 9.13. The summed E-state index contributed by atoms with van der Waals surface area (Å²) in [5.41, 5.74) is 0.529. The molecule has 0 aliphatic rings. The highest BCUT2D eigenvalue weighted by molar-refractivity contribution is 7.10. The van der Waals surface area contributed by atoms with Crippen LogP contribution >= 0.6 is 11.3 Å². The highest BCUT2D eigenvalue weighted by Crippen LogP contribution is 2.34. The van der Waals surface area contributed by atoms with Crippen LogP contribution in [0.2, 0.25) is 0 Å². The van der Waals surface area contributed by atoms with Gasteiger partial charge in [0, 0.05) is 4.88 Å². The second-order valence-corrected chi connectivity index (χ2v) is 6.14. The third-order valence-corrected chi connectivity index (χ3v) is 4.69. The topological polar surface area (TPSA) is 37.3 Å². The Morgan fingerprint density at radius 2 is 1.84 bits per heavy atom. The van der Waals surface area contributed by atoms with Crippen LogP contribution in [0.25, 0.3) is 0 Å². The number of rotatable bonds is 10. The van der Waals surface area contributed by atoms with Crippen molar-refractivity contribution in [3.05, 3.63) is 21.9 Å². The number of carbonyl (C=O) groups is 1. The number of carboxylic acid groups (broad SMARTS) is 1. The van der Waals surface area contributed by atoms with Crippen molar-refractivity contribution in [1.29, 1.82) is 0 Å². The van der Waals surface area contributed by atoms with Crippen molar-refractivity contribution >= 4 is 17.3 Å². The van der Waals surface area contributed by atoms with E-state index in [4.69, 9.17) is 0 Å². The van der Waals surface area contributed by atoms with E-state index in [1.165, 1.54) is 38.5 Å². The van der Waals surface area contributed by atoms with E-state index >= 15 is 0 Å². The van der Waals surface area contributed by atoms with Crippen LogP contribution in [-0.4, -0.2) is 11.1 Å². The summed E-state index contributed by atoms with van der Waals surface area (Å²) in [5.74, 6) is -0.325. The molecule has 1 N–H and O–H groups in total. The van der Waals surface area contributed by atoms with Crippen LogP contribution in [0.5, 0.6) is 0 Å². The Morgan fingerprint density at radius 3 is 2.47 bits per heavy atom. The zero-order valence-corrected chi connectivity index (χ0v) is 13.0. The minimum atomic E-state index is -0.772. The predicted molar refractivity (Wildman–Crippen MR) is 82.3 cm³/mol. The second-order valence-electron chi connectivity index (χ2n) is 5.19. The summed E-state index contributed by atoms with van der Waals surface area (Å²) >= 11 is 1.62. The average Bonchev–Trinajstić information content (AvgIpc) is 2.87. The molecule has 0 bridgehead atoms. The Labute approximate surface area is 120 Å². The summed E-state index contributed by atoms with van der Waals surface area (Å²) < 4.78 is 0. The summed E-state index contributed by atoms with van der Waals surface area (Å²) in [4.78, 5) is 12.3. The molecule has 1 aromatic heterocycles. The Bertz CT molecular complexity index is 371. The van der Waals surface area contributed by atoms with Crippen LogP contribution in [0.1, 0.15) is 86.4 Å². The molecule has 0 saturated heterocycles. The molecule has 0 radical (unpaired) electrons. The standard InChI is InChI=1S/C16H26O2S/c1-3-5-7-8-10-13(9-6-4-2)15-14(16(17)18)11-12-19-15/h11-13H,3-10H2,1-2H3,(H,17,18). The quantitative estimate of drug-likeness (QED) is 0.560. The van der Waals surface area contributed by atoms with Gasteiger partial charge in [0.15, 0.2) is 0 Å². The van der Waals surface area contributed by atoms with E-state index in [-0.39, 0.29) is 0 Å². The summed E-state index contributed by atoms with van der Waals surface area (Å²) in [7, 11) is 0. The van der Waals surface area contributed by atoms with E-state index in [0.717, 1.165) is 17.7 Å². The molecule has 0 saturated carbocycles. The lowest BCUT2D eigenvalue weighted by atomic mass is 9.92. The molecule has 3 heteroatoms. The SMILES string of the molecule is CCCCCCC(CCCC)c1sccc1C(=O)O. The van der Waals surface area contributed by atoms with Gasteiger partial charge < -0.3 is 5.11 Å². The molecule has 1 rings (SSSR count). The molecule has 1 heterocycles. The van der Waals surface area contributed by atoms with Crippen molar-refractivity contribution in [3.8, 4) is 0 Å². The summed E-state index contributed by atoms with van der Waals surface area (Å²) in [6.07, 6.45) is 9.67. The molecular weight excluding hydrogens is 256 g/mol. The summed E-state index contributed by atoms with van der Waals surface area (Å²) in [6, 6.07) is 1.76. The Morgan fingerprint density at radius 1 is 1.16 bits per heavy atom. The summed E-state index contributed by atoms with van der Waals surface area (Å²) in [6.45, 7) is 4.41. The van der Waals surface area contributed by atoms with Crippen LogP contribution in [-0.2, 0) is 0 Å². The summed E-state index contributed by atoms with van der Waals surface area (Å²) in [5, 5.41) is 11.2. The molecule has 0 fully saturated rings. The van der Waals surface area contributed by atoms with Crippen molar-refractivity contribution in [3.63, 3.8) is 0 Å². The van der Waals surface area contributed by atoms with Crippen LogP contribution in [0.15, 0.2) is 11.4 Å². The number of carboxylic acids is 1. The highest BCUT2D eigenvalue weighted by Gasteiger charge is 2.19. The third-order valence-electron chi connectivity index (χ3n) is 3.61. The Hall–Kier alpha value is -0.830.